The highest BCUT2D eigenvalue weighted by molar-refractivity contribution is 5.91. The lowest BCUT2D eigenvalue weighted by Gasteiger charge is -2.32. The van der Waals surface area contributed by atoms with Gasteiger partial charge in [0.15, 0.2) is 11.5 Å². The Balaban J connectivity index is 1.64. The number of urea groups is 1. The first kappa shape index (κ1) is 17.8. The molecule has 0 spiro atoms. The van der Waals surface area contributed by atoms with Crippen molar-refractivity contribution >= 4 is 11.7 Å². The molecule has 1 aromatic carbocycles. The van der Waals surface area contributed by atoms with E-state index in [0.717, 1.165) is 12.8 Å². The number of methoxy groups -OCH3 is 2. The van der Waals surface area contributed by atoms with E-state index < -0.39 is 0 Å². The van der Waals surface area contributed by atoms with Gasteiger partial charge in [-0.05, 0) is 25.0 Å². The predicted octanol–water partition coefficient (Wildman–Crippen LogP) is 2.57. The molecular weight excluding hydrogens is 336 g/mol. The summed E-state index contributed by atoms with van der Waals surface area (Å²) >= 11 is 0. The fraction of sp³-hybridized carbons (Fsp3) is 0.389. The van der Waals surface area contributed by atoms with Crippen molar-refractivity contribution in [3.05, 3.63) is 36.8 Å². The fourth-order valence-electron chi connectivity index (χ4n) is 2.92. The number of ether oxygens (including phenoxy) is 3. The number of para-hydroxylation sites is 1. The third-order valence-corrected chi connectivity index (χ3v) is 4.14. The van der Waals surface area contributed by atoms with E-state index in [2.05, 4.69) is 15.3 Å². The van der Waals surface area contributed by atoms with Crippen molar-refractivity contribution in [3.63, 3.8) is 0 Å². The van der Waals surface area contributed by atoms with Gasteiger partial charge >= 0.3 is 6.03 Å². The second-order valence-electron chi connectivity index (χ2n) is 5.84. The normalized spacial score (nSPS) is 16.7. The molecule has 2 heterocycles. The molecule has 1 fully saturated rings. The van der Waals surface area contributed by atoms with E-state index in [1.807, 2.05) is 0 Å². The van der Waals surface area contributed by atoms with E-state index in [1.165, 1.54) is 0 Å². The second kappa shape index (κ2) is 8.37. The van der Waals surface area contributed by atoms with Crippen LogP contribution in [-0.2, 0) is 0 Å². The van der Waals surface area contributed by atoms with Gasteiger partial charge in [0.1, 0.15) is 6.10 Å². The standard InChI is InChI=1S/C18H22N4O4/c1-24-15-7-3-6-14(17(15)25-2)21-18(23)22-10-4-5-13(12-22)26-16-11-19-8-9-20-16/h3,6-9,11,13H,4-5,10,12H2,1-2H3,(H,21,23). The quantitative estimate of drug-likeness (QED) is 0.884. The number of rotatable bonds is 5. The number of hydrogen-bond donors (Lipinski definition) is 1. The van der Waals surface area contributed by atoms with Crippen molar-refractivity contribution in [2.75, 3.05) is 32.6 Å². The molecule has 0 aliphatic carbocycles. The topological polar surface area (TPSA) is 85.8 Å². The van der Waals surface area contributed by atoms with Crippen LogP contribution in [0, 0.1) is 0 Å². The molecule has 8 heteroatoms. The number of piperidine rings is 1. The van der Waals surface area contributed by atoms with Crippen LogP contribution in [0.1, 0.15) is 12.8 Å². The zero-order chi connectivity index (χ0) is 18.4. The summed E-state index contributed by atoms with van der Waals surface area (Å²) in [6.45, 7) is 1.15. The minimum absolute atomic E-state index is 0.113. The lowest BCUT2D eigenvalue weighted by molar-refractivity contribution is 0.102. The van der Waals surface area contributed by atoms with Crippen molar-refractivity contribution in [2.45, 2.75) is 18.9 Å². The van der Waals surface area contributed by atoms with Gasteiger partial charge in [0, 0.05) is 18.9 Å². The summed E-state index contributed by atoms with van der Waals surface area (Å²) in [4.78, 5) is 22.5. The van der Waals surface area contributed by atoms with E-state index in [-0.39, 0.29) is 12.1 Å². The number of amides is 2. The lowest BCUT2D eigenvalue weighted by atomic mass is 10.1. The lowest BCUT2D eigenvalue weighted by Crippen LogP contribution is -2.46. The summed E-state index contributed by atoms with van der Waals surface area (Å²) < 4.78 is 16.4. The zero-order valence-corrected chi connectivity index (χ0v) is 14.8. The van der Waals surface area contributed by atoms with Crippen LogP contribution < -0.4 is 19.5 Å². The average Bonchev–Trinajstić information content (AvgIpc) is 2.68. The summed E-state index contributed by atoms with van der Waals surface area (Å²) in [6.07, 6.45) is 6.35. The molecule has 1 N–H and O–H groups in total. The number of aromatic nitrogens is 2. The summed E-state index contributed by atoms with van der Waals surface area (Å²) in [5.74, 6) is 1.52. The van der Waals surface area contributed by atoms with Crippen LogP contribution in [0.2, 0.25) is 0 Å². The Morgan fingerprint density at radius 2 is 2.15 bits per heavy atom. The molecule has 1 unspecified atom stereocenters. The number of benzene rings is 1. The molecular formula is C18H22N4O4. The maximum atomic E-state index is 12.7. The number of anilines is 1. The second-order valence-corrected chi connectivity index (χ2v) is 5.84. The highest BCUT2D eigenvalue weighted by Gasteiger charge is 2.26. The molecule has 26 heavy (non-hydrogen) atoms. The van der Waals surface area contributed by atoms with E-state index in [4.69, 9.17) is 14.2 Å². The highest BCUT2D eigenvalue weighted by Crippen LogP contribution is 2.35. The average molecular weight is 358 g/mol. The molecule has 1 aliphatic heterocycles. The molecule has 138 valence electrons. The van der Waals surface area contributed by atoms with E-state index in [0.29, 0.717) is 36.2 Å². The third-order valence-electron chi connectivity index (χ3n) is 4.14. The SMILES string of the molecule is COc1cccc(NC(=O)N2CCCC(Oc3cnccn3)C2)c1OC. The van der Waals surface area contributed by atoms with Gasteiger partial charge in [0.2, 0.25) is 5.88 Å². The maximum absolute atomic E-state index is 12.7. The number of carbonyl (C=O) groups is 1. The van der Waals surface area contributed by atoms with Crippen molar-refractivity contribution < 1.29 is 19.0 Å². The minimum Gasteiger partial charge on any atom is -0.493 e. The highest BCUT2D eigenvalue weighted by atomic mass is 16.5. The first-order valence-corrected chi connectivity index (χ1v) is 8.41. The van der Waals surface area contributed by atoms with E-state index in [1.54, 1.807) is 55.9 Å². The Morgan fingerprint density at radius 1 is 1.27 bits per heavy atom. The number of carbonyl (C=O) groups excluding carboxylic acids is 1. The van der Waals surface area contributed by atoms with Crippen LogP contribution in [0.15, 0.2) is 36.8 Å². The van der Waals surface area contributed by atoms with Crippen LogP contribution >= 0.6 is 0 Å². The van der Waals surface area contributed by atoms with Crippen molar-refractivity contribution in [3.8, 4) is 17.4 Å². The Kier molecular flexibility index (Phi) is 5.73. The molecule has 1 aromatic heterocycles. The number of hydrogen-bond acceptors (Lipinski definition) is 6. The minimum atomic E-state index is -0.205. The fourth-order valence-corrected chi connectivity index (χ4v) is 2.92. The predicted molar refractivity (Wildman–Crippen MR) is 95.8 cm³/mol. The largest absolute Gasteiger partial charge is 0.493 e. The summed E-state index contributed by atoms with van der Waals surface area (Å²) in [5.41, 5.74) is 0.564. The monoisotopic (exact) mass is 358 g/mol. The number of nitrogens with one attached hydrogen (secondary N) is 1. The molecule has 2 aromatic rings. The number of likely N-dealkylation sites (tertiary alicyclic amines) is 1. The van der Waals surface area contributed by atoms with Crippen molar-refractivity contribution in [1.29, 1.82) is 0 Å². The van der Waals surface area contributed by atoms with Crippen LogP contribution in [0.3, 0.4) is 0 Å². The van der Waals surface area contributed by atoms with Crippen LogP contribution in [0.5, 0.6) is 17.4 Å². The van der Waals surface area contributed by atoms with Gasteiger partial charge in [-0.1, -0.05) is 6.07 Å². The van der Waals surface area contributed by atoms with Crippen LogP contribution in [0.25, 0.3) is 0 Å². The molecule has 1 aliphatic rings. The third kappa shape index (κ3) is 4.14. The first-order chi connectivity index (χ1) is 12.7. The van der Waals surface area contributed by atoms with Gasteiger partial charge < -0.3 is 24.4 Å². The van der Waals surface area contributed by atoms with Crippen LogP contribution in [-0.4, -0.2) is 54.3 Å². The van der Waals surface area contributed by atoms with Gasteiger partial charge in [-0.3, -0.25) is 4.98 Å². The Hall–Kier alpha value is -3.03. The molecule has 0 radical (unpaired) electrons. The maximum Gasteiger partial charge on any atom is 0.322 e. The molecule has 0 bridgehead atoms. The summed E-state index contributed by atoms with van der Waals surface area (Å²) in [6, 6.07) is 5.15. The van der Waals surface area contributed by atoms with Gasteiger partial charge in [-0.25, -0.2) is 9.78 Å². The Labute approximate surface area is 152 Å². The van der Waals surface area contributed by atoms with Gasteiger partial charge in [-0.15, -0.1) is 0 Å². The van der Waals surface area contributed by atoms with Gasteiger partial charge in [-0.2, -0.15) is 0 Å². The molecule has 0 saturated carbocycles. The zero-order valence-electron chi connectivity index (χ0n) is 14.8. The van der Waals surface area contributed by atoms with E-state index in [9.17, 15) is 4.79 Å². The molecule has 3 rings (SSSR count). The van der Waals surface area contributed by atoms with Crippen molar-refractivity contribution in [1.82, 2.24) is 14.9 Å². The van der Waals surface area contributed by atoms with Gasteiger partial charge in [0.25, 0.3) is 0 Å². The summed E-state index contributed by atoms with van der Waals surface area (Å²) in [5, 5.41) is 2.89. The first-order valence-electron chi connectivity index (χ1n) is 8.41. The molecule has 2 amide bonds. The van der Waals surface area contributed by atoms with E-state index >= 15 is 0 Å². The molecule has 1 saturated heterocycles. The Bertz CT molecular complexity index is 741. The summed E-state index contributed by atoms with van der Waals surface area (Å²) in [7, 11) is 3.10. The van der Waals surface area contributed by atoms with Crippen LogP contribution in [0.4, 0.5) is 10.5 Å². The molecule has 1 atom stereocenters. The van der Waals surface area contributed by atoms with Gasteiger partial charge in [0.05, 0.1) is 32.6 Å². The van der Waals surface area contributed by atoms with Crippen molar-refractivity contribution in [2.24, 2.45) is 0 Å². The molecule has 8 nitrogen and oxygen atoms in total. The number of nitrogens with zero attached hydrogens (tertiary/aromatic N) is 3. The Morgan fingerprint density at radius 3 is 2.88 bits per heavy atom. The smallest absolute Gasteiger partial charge is 0.322 e.